The number of aliphatic hydroxyl groups is 1. The Balaban J connectivity index is 5.26. The summed E-state index contributed by atoms with van der Waals surface area (Å²) in [7, 11) is -9.93. The minimum Gasteiger partial charge on any atom is -0.462 e. The van der Waals surface area contributed by atoms with Gasteiger partial charge in [-0.25, -0.2) is 9.13 Å². The summed E-state index contributed by atoms with van der Waals surface area (Å²) >= 11 is 0. The monoisotopic (exact) mass is 1550 g/mol. The summed E-state index contributed by atoms with van der Waals surface area (Å²) in [5.74, 6) is -0.484. The second kappa shape index (κ2) is 78.3. The van der Waals surface area contributed by atoms with Crippen LogP contribution in [0.25, 0.3) is 0 Å². The standard InChI is InChI=1S/C87H170O17P2/c1-7-10-12-14-16-18-20-22-23-24-25-26-27-32-36-40-47-53-59-65-71-86(91)103-82(75-98-85(90)70-64-58-52-46-39-35-31-29-28-30-34-37-43-49-55-61-67-79(4)5)77-101-105(93,94)99-73-81(88)74-100-106(95,96)102-78-83(76-97-84(89)69-63-57-51-45-38-33-21-19-17-15-13-11-8-2)104-87(92)72-66-60-54-48-42-41-44-50-56-62-68-80(6)9-3/h79-83,88H,7-78H2,1-6H3,(H,93,94)(H,95,96)/t80?,81-,82-,83-/m1/s1. The van der Waals surface area contributed by atoms with Crippen LogP contribution in [-0.2, 0) is 65.4 Å². The van der Waals surface area contributed by atoms with E-state index in [0.29, 0.717) is 25.7 Å². The molecule has 0 bridgehead atoms. The zero-order chi connectivity index (χ0) is 77.8. The first-order chi connectivity index (χ1) is 51.4. The fourth-order valence-electron chi connectivity index (χ4n) is 13.6. The fourth-order valence-corrected chi connectivity index (χ4v) is 15.1. The van der Waals surface area contributed by atoms with Crippen molar-refractivity contribution < 1.29 is 80.2 Å². The Morgan fingerprint density at radius 2 is 0.481 bits per heavy atom. The minimum atomic E-state index is -4.97. The number of hydrogen-bond donors (Lipinski definition) is 3. The van der Waals surface area contributed by atoms with Crippen molar-refractivity contribution in [3.05, 3.63) is 0 Å². The van der Waals surface area contributed by atoms with Crippen molar-refractivity contribution in [2.45, 2.75) is 484 Å². The lowest BCUT2D eigenvalue weighted by atomic mass is 9.99. The molecule has 0 radical (unpaired) electrons. The van der Waals surface area contributed by atoms with Crippen molar-refractivity contribution in [1.29, 1.82) is 0 Å². The maximum Gasteiger partial charge on any atom is 0.472 e. The zero-order valence-corrected chi connectivity index (χ0v) is 71.5. The molecule has 630 valence electrons. The van der Waals surface area contributed by atoms with Gasteiger partial charge < -0.3 is 33.8 Å². The van der Waals surface area contributed by atoms with Gasteiger partial charge in [-0.2, -0.15) is 0 Å². The maximum atomic E-state index is 13.2. The van der Waals surface area contributed by atoms with Gasteiger partial charge in [0.1, 0.15) is 19.3 Å². The molecule has 0 fully saturated rings. The van der Waals surface area contributed by atoms with Gasteiger partial charge in [-0.05, 0) is 37.5 Å². The van der Waals surface area contributed by atoms with E-state index in [1.54, 1.807) is 0 Å². The molecule has 0 aliphatic rings. The van der Waals surface area contributed by atoms with Crippen LogP contribution in [0.2, 0.25) is 0 Å². The lowest BCUT2D eigenvalue weighted by molar-refractivity contribution is -0.161. The first-order valence-electron chi connectivity index (χ1n) is 45.0. The van der Waals surface area contributed by atoms with Gasteiger partial charge in [-0.15, -0.1) is 0 Å². The van der Waals surface area contributed by atoms with Crippen molar-refractivity contribution >= 4 is 39.5 Å². The van der Waals surface area contributed by atoms with Crippen LogP contribution in [0.1, 0.15) is 465 Å². The molecule has 0 aromatic rings. The Kier molecular flexibility index (Phi) is 76.9. The number of ether oxygens (including phenoxy) is 4. The van der Waals surface area contributed by atoms with Crippen LogP contribution in [0, 0.1) is 11.8 Å². The summed E-state index contributed by atoms with van der Waals surface area (Å²) in [5, 5.41) is 10.7. The highest BCUT2D eigenvalue weighted by atomic mass is 31.2. The van der Waals surface area contributed by atoms with Crippen molar-refractivity contribution in [3.63, 3.8) is 0 Å². The topological polar surface area (TPSA) is 237 Å². The van der Waals surface area contributed by atoms with E-state index in [-0.39, 0.29) is 25.7 Å². The van der Waals surface area contributed by atoms with Crippen molar-refractivity contribution in [2.24, 2.45) is 11.8 Å². The molecule has 0 saturated heterocycles. The number of carbonyl (C=O) groups excluding carboxylic acids is 4. The normalized spacial score (nSPS) is 14.1. The molecule has 0 saturated carbocycles. The van der Waals surface area contributed by atoms with Crippen LogP contribution >= 0.6 is 15.6 Å². The van der Waals surface area contributed by atoms with Crippen LogP contribution in [0.15, 0.2) is 0 Å². The zero-order valence-electron chi connectivity index (χ0n) is 69.7. The molecular weight excluding hydrogens is 1380 g/mol. The van der Waals surface area contributed by atoms with Crippen LogP contribution in [0.5, 0.6) is 0 Å². The average molecular weight is 1550 g/mol. The first-order valence-corrected chi connectivity index (χ1v) is 48.0. The third-order valence-corrected chi connectivity index (χ3v) is 22.7. The van der Waals surface area contributed by atoms with E-state index in [9.17, 15) is 43.2 Å². The van der Waals surface area contributed by atoms with E-state index in [1.807, 2.05) is 0 Å². The quantitative estimate of drug-likeness (QED) is 0.0222. The highest BCUT2D eigenvalue weighted by Gasteiger charge is 2.30. The highest BCUT2D eigenvalue weighted by Crippen LogP contribution is 2.45. The molecule has 3 N–H and O–H groups in total. The molecular formula is C87H170O17P2. The van der Waals surface area contributed by atoms with Gasteiger partial charge in [-0.1, -0.05) is 414 Å². The van der Waals surface area contributed by atoms with Gasteiger partial charge in [0.2, 0.25) is 0 Å². The number of hydrogen-bond acceptors (Lipinski definition) is 15. The number of phosphoric acid groups is 2. The molecule has 106 heavy (non-hydrogen) atoms. The van der Waals surface area contributed by atoms with E-state index in [4.69, 9.17) is 37.0 Å². The van der Waals surface area contributed by atoms with Crippen molar-refractivity contribution in [3.8, 4) is 0 Å². The summed E-state index contributed by atoms with van der Waals surface area (Å²) < 4.78 is 69.0. The van der Waals surface area contributed by atoms with Crippen LogP contribution in [-0.4, -0.2) is 96.7 Å². The SMILES string of the molecule is CCCCCCCCCCCCCCCCCCCCCCC(=O)O[C@H](COC(=O)CCCCCCCCCCCCCCCCCCC(C)C)COP(=O)(O)OC[C@@H](O)COP(=O)(O)OC[C@@H](COC(=O)CCCCCCCCCCCCCCC)OC(=O)CCCCCCCCCCCCC(C)CC. The van der Waals surface area contributed by atoms with E-state index >= 15 is 0 Å². The van der Waals surface area contributed by atoms with Crippen LogP contribution < -0.4 is 0 Å². The van der Waals surface area contributed by atoms with Crippen LogP contribution in [0.4, 0.5) is 0 Å². The van der Waals surface area contributed by atoms with E-state index in [0.717, 1.165) is 102 Å². The molecule has 19 heteroatoms. The van der Waals surface area contributed by atoms with Gasteiger partial charge in [0.05, 0.1) is 26.4 Å². The smallest absolute Gasteiger partial charge is 0.462 e. The van der Waals surface area contributed by atoms with Crippen LogP contribution in [0.3, 0.4) is 0 Å². The predicted octanol–water partition coefficient (Wildman–Crippen LogP) is 26.6. The number of rotatable bonds is 86. The molecule has 0 aliphatic carbocycles. The molecule has 0 rings (SSSR count). The van der Waals surface area contributed by atoms with Crippen molar-refractivity contribution in [2.75, 3.05) is 39.6 Å². The Morgan fingerprint density at radius 1 is 0.274 bits per heavy atom. The molecule has 0 heterocycles. The fraction of sp³-hybridized carbons (Fsp3) is 0.954. The number of aliphatic hydroxyl groups excluding tert-OH is 1. The molecule has 0 aromatic heterocycles. The summed E-state index contributed by atoms with van der Waals surface area (Å²) in [6.45, 7) is 9.74. The Labute approximate surface area is 651 Å². The number of carbonyl (C=O) groups is 4. The van der Waals surface area contributed by atoms with E-state index in [2.05, 4.69) is 41.5 Å². The minimum absolute atomic E-state index is 0.107. The average Bonchev–Trinajstić information content (AvgIpc) is 0.911. The molecule has 0 aromatic carbocycles. The highest BCUT2D eigenvalue weighted by molar-refractivity contribution is 7.47. The Morgan fingerprint density at radius 3 is 0.717 bits per heavy atom. The third-order valence-electron chi connectivity index (χ3n) is 20.8. The third kappa shape index (κ3) is 78.7. The van der Waals surface area contributed by atoms with Gasteiger partial charge in [0, 0.05) is 25.7 Å². The van der Waals surface area contributed by atoms with Gasteiger partial charge in [0.15, 0.2) is 12.2 Å². The van der Waals surface area contributed by atoms with Gasteiger partial charge in [0.25, 0.3) is 0 Å². The second-order valence-corrected chi connectivity index (χ2v) is 34.9. The largest absolute Gasteiger partial charge is 0.472 e. The Bertz CT molecular complexity index is 2030. The number of phosphoric ester groups is 2. The molecule has 0 amide bonds. The van der Waals surface area contributed by atoms with E-state index < -0.39 is 97.5 Å². The second-order valence-electron chi connectivity index (χ2n) is 32.0. The summed E-state index contributed by atoms with van der Waals surface area (Å²) in [5.41, 5.74) is 0. The molecule has 6 atom stereocenters. The summed E-state index contributed by atoms with van der Waals surface area (Å²) in [6.07, 6.45) is 70.7. The number of esters is 4. The molecule has 0 aliphatic heterocycles. The van der Waals surface area contributed by atoms with Gasteiger partial charge >= 0.3 is 39.5 Å². The number of unbranched alkanes of at least 4 members (excludes halogenated alkanes) is 55. The lowest BCUT2D eigenvalue weighted by Crippen LogP contribution is -2.30. The predicted molar refractivity (Wildman–Crippen MR) is 437 cm³/mol. The Hall–Kier alpha value is -1.94. The van der Waals surface area contributed by atoms with Crippen molar-refractivity contribution in [1.82, 2.24) is 0 Å². The molecule has 0 spiro atoms. The lowest BCUT2D eigenvalue weighted by Gasteiger charge is -2.21. The summed E-state index contributed by atoms with van der Waals surface area (Å²) in [6, 6.07) is 0. The van der Waals surface area contributed by atoms with E-state index in [1.165, 1.54) is 283 Å². The molecule has 17 nitrogen and oxygen atoms in total. The van der Waals surface area contributed by atoms with Gasteiger partial charge in [-0.3, -0.25) is 37.3 Å². The first kappa shape index (κ1) is 104. The maximum absolute atomic E-state index is 13.2. The molecule has 3 unspecified atom stereocenters. The summed E-state index contributed by atoms with van der Waals surface area (Å²) in [4.78, 5) is 73.3.